The van der Waals surface area contributed by atoms with Gasteiger partial charge in [0, 0.05) is 13.7 Å². The topological polar surface area (TPSA) is 49.7 Å². The van der Waals surface area contributed by atoms with Crippen molar-refractivity contribution in [2.45, 2.75) is 52.2 Å². The molecule has 0 radical (unpaired) electrons. The van der Waals surface area contributed by atoms with Crippen molar-refractivity contribution in [3.63, 3.8) is 0 Å². The number of ether oxygens (including phenoxy) is 1. The molecule has 0 spiro atoms. The van der Waals surface area contributed by atoms with Gasteiger partial charge in [0.25, 0.3) is 0 Å². The van der Waals surface area contributed by atoms with Crippen molar-refractivity contribution >= 4 is 0 Å². The third-order valence-corrected chi connectivity index (χ3v) is 3.24. The van der Waals surface area contributed by atoms with Gasteiger partial charge in [0.05, 0.1) is 12.2 Å². The molecule has 0 aliphatic rings. The van der Waals surface area contributed by atoms with E-state index in [1.165, 1.54) is 0 Å². The predicted octanol–water partition coefficient (Wildman–Crippen LogP) is 1.82. The first-order valence-corrected chi connectivity index (χ1v) is 5.93. The molecule has 0 bridgehead atoms. The van der Waals surface area contributed by atoms with Gasteiger partial charge in [0.15, 0.2) is 0 Å². The molecule has 0 heterocycles. The SMILES string of the molecule is CCC(CC)C(O)C(O)C(C)CCOC. The van der Waals surface area contributed by atoms with Crippen LogP contribution < -0.4 is 0 Å². The second kappa shape index (κ2) is 8.08. The van der Waals surface area contributed by atoms with Gasteiger partial charge in [-0.15, -0.1) is 0 Å². The van der Waals surface area contributed by atoms with Gasteiger partial charge in [-0.2, -0.15) is 0 Å². The van der Waals surface area contributed by atoms with E-state index in [-0.39, 0.29) is 11.8 Å². The molecule has 0 aliphatic carbocycles. The second-order valence-corrected chi connectivity index (χ2v) is 4.32. The summed E-state index contributed by atoms with van der Waals surface area (Å²) in [5.41, 5.74) is 0. The monoisotopic (exact) mass is 218 g/mol. The van der Waals surface area contributed by atoms with E-state index in [0.717, 1.165) is 19.3 Å². The van der Waals surface area contributed by atoms with Gasteiger partial charge in [-0.25, -0.2) is 0 Å². The van der Waals surface area contributed by atoms with E-state index in [1.807, 2.05) is 20.8 Å². The average molecular weight is 218 g/mol. The first kappa shape index (κ1) is 14.9. The van der Waals surface area contributed by atoms with E-state index in [9.17, 15) is 10.2 Å². The molecule has 0 aromatic rings. The van der Waals surface area contributed by atoms with Crippen LogP contribution in [0.25, 0.3) is 0 Å². The summed E-state index contributed by atoms with van der Waals surface area (Å²) in [5.74, 6) is 0.283. The van der Waals surface area contributed by atoms with E-state index in [1.54, 1.807) is 7.11 Å². The van der Waals surface area contributed by atoms with Crippen LogP contribution in [0.2, 0.25) is 0 Å². The number of methoxy groups -OCH3 is 1. The smallest absolute Gasteiger partial charge is 0.0829 e. The molecule has 0 saturated heterocycles. The highest BCUT2D eigenvalue weighted by molar-refractivity contribution is 4.78. The quantitative estimate of drug-likeness (QED) is 0.653. The Bertz CT molecular complexity index is 146. The Morgan fingerprint density at radius 1 is 1.07 bits per heavy atom. The van der Waals surface area contributed by atoms with Crippen molar-refractivity contribution in [3.05, 3.63) is 0 Å². The minimum absolute atomic E-state index is 0.0838. The van der Waals surface area contributed by atoms with Gasteiger partial charge in [-0.1, -0.05) is 33.6 Å². The Morgan fingerprint density at radius 2 is 1.60 bits per heavy atom. The van der Waals surface area contributed by atoms with Crippen molar-refractivity contribution in [1.29, 1.82) is 0 Å². The molecule has 3 atom stereocenters. The molecule has 0 rings (SSSR count). The minimum Gasteiger partial charge on any atom is -0.390 e. The Kier molecular flexibility index (Phi) is 8.02. The maximum absolute atomic E-state index is 9.96. The first-order valence-electron chi connectivity index (χ1n) is 5.93. The van der Waals surface area contributed by atoms with E-state index in [2.05, 4.69) is 0 Å². The molecular formula is C12H26O3. The summed E-state index contributed by atoms with van der Waals surface area (Å²) in [6, 6.07) is 0. The standard InChI is InChI=1S/C12H26O3/c1-5-10(6-2)12(14)11(13)9(3)7-8-15-4/h9-14H,5-8H2,1-4H3. The van der Waals surface area contributed by atoms with E-state index < -0.39 is 12.2 Å². The van der Waals surface area contributed by atoms with E-state index in [0.29, 0.717) is 6.61 Å². The Labute approximate surface area is 93.5 Å². The highest BCUT2D eigenvalue weighted by atomic mass is 16.5. The molecule has 0 aromatic carbocycles. The van der Waals surface area contributed by atoms with Crippen molar-refractivity contribution in [3.8, 4) is 0 Å². The lowest BCUT2D eigenvalue weighted by molar-refractivity contribution is -0.0506. The maximum Gasteiger partial charge on any atom is 0.0829 e. The Hall–Kier alpha value is -0.120. The molecule has 2 N–H and O–H groups in total. The largest absolute Gasteiger partial charge is 0.390 e. The lowest BCUT2D eigenvalue weighted by Crippen LogP contribution is -2.38. The fourth-order valence-corrected chi connectivity index (χ4v) is 1.86. The molecule has 0 aromatic heterocycles. The lowest BCUT2D eigenvalue weighted by atomic mass is 9.86. The third-order valence-electron chi connectivity index (χ3n) is 3.24. The molecule has 15 heavy (non-hydrogen) atoms. The van der Waals surface area contributed by atoms with Crippen LogP contribution >= 0.6 is 0 Å². The number of aliphatic hydroxyl groups is 2. The fourth-order valence-electron chi connectivity index (χ4n) is 1.86. The Morgan fingerprint density at radius 3 is 2.00 bits per heavy atom. The zero-order valence-electron chi connectivity index (χ0n) is 10.4. The van der Waals surface area contributed by atoms with Crippen LogP contribution in [0, 0.1) is 11.8 Å². The van der Waals surface area contributed by atoms with Gasteiger partial charge < -0.3 is 14.9 Å². The van der Waals surface area contributed by atoms with Gasteiger partial charge in [0.2, 0.25) is 0 Å². The molecule has 3 heteroatoms. The Balaban J connectivity index is 4.09. The fraction of sp³-hybridized carbons (Fsp3) is 1.00. The number of hydrogen-bond donors (Lipinski definition) is 2. The van der Waals surface area contributed by atoms with Crippen molar-refractivity contribution in [2.75, 3.05) is 13.7 Å². The summed E-state index contributed by atoms with van der Waals surface area (Å²) in [4.78, 5) is 0. The van der Waals surface area contributed by atoms with Gasteiger partial charge in [-0.3, -0.25) is 0 Å². The zero-order valence-corrected chi connectivity index (χ0v) is 10.4. The van der Waals surface area contributed by atoms with Crippen molar-refractivity contribution in [2.24, 2.45) is 11.8 Å². The molecule has 92 valence electrons. The number of hydrogen-bond acceptors (Lipinski definition) is 3. The lowest BCUT2D eigenvalue weighted by Gasteiger charge is -2.29. The first-order chi connectivity index (χ1) is 7.08. The van der Waals surface area contributed by atoms with E-state index >= 15 is 0 Å². The van der Waals surface area contributed by atoms with Crippen LogP contribution in [0.3, 0.4) is 0 Å². The summed E-state index contributed by atoms with van der Waals surface area (Å²) < 4.78 is 4.96. The summed E-state index contributed by atoms with van der Waals surface area (Å²) in [5, 5.41) is 19.9. The third kappa shape index (κ3) is 4.96. The minimum atomic E-state index is -0.634. The van der Waals surface area contributed by atoms with Crippen molar-refractivity contribution in [1.82, 2.24) is 0 Å². The van der Waals surface area contributed by atoms with Crippen LogP contribution in [-0.2, 0) is 4.74 Å². The van der Waals surface area contributed by atoms with Crippen molar-refractivity contribution < 1.29 is 14.9 Å². The molecular weight excluding hydrogens is 192 g/mol. The van der Waals surface area contributed by atoms with Crippen LogP contribution in [0.4, 0.5) is 0 Å². The summed E-state index contributed by atoms with van der Waals surface area (Å²) >= 11 is 0. The molecule has 0 fully saturated rings. The normalized spacial score (nSPS) is 17.8. The molecule has 0 amide bonds. The predicted molar refractivity (Wildman–Crippen MR) is 61.7 cm³/mol. The van der Waals surface area contributed by atoms with Crippen LogP contribution in [0.1, 0.15) is 40.0 Å². The number of rotatable bonds is 8. The molecule has 0 saturated carbocycles. The summed E-state index contributed by atoms with van der Waals surface area (Å²) in [6.45, 7) is 6.68. The van der Waals surface area contributed by atoms with E-state index in [4.69, 9.17) is 4.74 Å². The van der Waals surface area contributed by atoms with Crippen LogP contribution in [0.5, 0.6) is 0 Å². The van der Waals surface area contributed by atoms with Crippen LogP contribution in [-0.4, -0.2) is 36.1 Å². The zero-order chi connectivity index (χ0) is 11.8. The highest BCUT2D eigenvalue weighted by Gasteiger charge is 2.27. The van der Waals surface area contributed by atoms with Crippen LogP contribution in [0.15, 0.2) is 0 Å². The summed E-state index contributed by atoms with van der Waals surface area (Å²) in [6.07, 6.45) is 1.36. The average Bonchev–Trinajstić information content (AvgIpc) is 2.26. The maximum atomic E-state index is 9.96. The highest BCUT2D eigenvalue weighted by Crippen LogP contribution is 2.21. The van der Waals surface area contributed by atoms with Gasteiger partial charge in [-0.05, 0) is 18.3 Å². The number of aliphatic hydroxyl groups excluding tert-OH is 2. The van der Waals surface area contributed by atoms with Gasteiger partial charge >= 0.3 is 0 Å². The molecule has 3 nitrogen and oxygen atoms in total. The second-order valence-electron chi connectivity index (χ2n) is 4.32. The van der Waals surface area contributed by atoms with Gasteiger partial charge in [0.1, 0.15) is 0 Å². The summed E-state index contributed by atoms with van der Waals surface area (Å²) in [7, 11) is 1.65. The molecule has 0 aliphatic heterocycles. The molecule has 3 unspecified atom stereocenters.